The molecule has 0 aliphatic heterocycles. The predicted octanol–water partition coefficient (Wildman–Crippen LogP) is 5.90. The lowest BCUT2D eigenvalue weighted by Crippen LogP contribution is -2.35. The fourth-order valence-corrected chi connectivity index (χ4v) is 6.53. The highest BCUT2D eigenvalue weighted by atomic mass is 31.2. The number of hydrogen-bond acceptors (Lipinski definition) is 3. The summed E-state index contributed by atoms with van der Waals surface area (Å²) >= 11 is 0. The lowest BCUT2D eigenvalue weighted by molar-refractivity contribution is 0.0425. The summed E-state index contributed by atoms with van der Waals surface area (Å²) < 4.78 is 34.9. The molecule has 0 heterocycles. The summed E-state index contributed by atoms with van der Waals surface area (Å²) in [6.07, 6.45) is 2.70. The van der Waals surface area contributed by atoms with Gasteiger partial charge in [0, 0.05) is 10.9 Å². The molecule has 0 bridgehead atoms. The van der Waals surface area contributed by atoms with Crippen LogP contribution in [0.1, 0.15) is 51.4 Å². The number of rotatable bonds is 6. The maximum absolute atomic E-state index is 14.4. The predicted molar refractivity (Wildman–Crippen MR) is 111 cm³/mol. The largest absolute Gasteiger partial charge is 0.378 e. The van der Waals surface area contributed by atoms with E-state index >= 15 is 0 Å². The highest BCUT2D eigenvalue weighted by Crippen LogP contribution is 2.60. The van der Waals surface area contributed by atoms with Crippen LogP contribution in [0.3, 0.4) is 0 Å². The quantitative estimate of drug-likeness (QED) is 0.610. The number of aliphatic hydroxyl groups excluding tert-OH is 1. The molecule has 2 aromatic carbocycles. The molecule has 0 amide bonds. The monoisotopic (exact) mass is 404 g/mol. The Balaban J connectivity index is 2.02. The van der Waals surface area contributed by atoms with Gasteiger partial charge in [0.05, 0.1) is 6.10 Å². The molecule has 0 aromatic heterocycles. The molecular formula is C23H30FO3P. The third kappa shape index (κ3) is 4.40. The van der Waals surface area contributed by atoms with Crippen molar-refractivity contribution in [3.63, 3.8) is 0 Å². The van der Waals surface area contributed by atoms with Gasteiger partial charge in [-0.1, -0.05) is 63.6 Å². The van der Waals surface area contributed by atoms with Crippen LogP contribution in [0.4, 0.5) is 4.39 Å². The lowest BCUT2D eigenvalue weighted by atomic mass is 9.75. The lowest BCUT2D eigenvalue weighted by Gasteiger charge is -2.39. The number of hydrogen-bond donors (Lipinski definition) is 1. The molecule has 152 valence electrons. The Morgan fingerprint density at radius 2 is 1.71 bits per heavy atom. The normalized spacial score (nSPS) is 26.0. The van der Waals surface area contributed by atoms with Gasteiger partial charge >= 0.3 is 0 Å². The Morgan fingerprint density at radius 1 is 1.07 bits per heavy atom. The maximum atomic E-state index is 14.4. The first-order chi connectivity index (χ1) is 13.3. The fourth-order valence-electron chi connectivity index (χ4n) is 4.20. The van der Waals surface area contributed by atoms with Gasteiger partial charge in [0.15, 0.2) is 5.85 Å². The Morgan fingerprint density at radius 3 is 2.36 bits per heavy atom. The van der Waals surface area contributed by atoms with E-state index in [9.17, 15) is 14.1 Å². The first-order valence-electron chi connectivity index (χ1n) is 10.1. The van der Waals surface area contributed by atoms with E-state index in [0.29, 0.717) is 17.1 Å². The number of halogens is 1. The summed E-state index contributed by atoms with van der Waals surface area (Å²) in [5.74, 6) is -1.00. The van der Waals surface area contributed by atoms with Gasteiger partial charge in [-0.2, -0.15) is 0 Å². The van der Waals surface area contributed by atoms with Gasteiger partial charge in [0.2, 0.25) is 0 Å². The summed E-state index contributed by atoms with van der Waals surface area (Å²) in [5, 5.41) is 11.5. The molecule has 0 radical (unpaired) electrons. The molecule has 1 N–H and O–H groups in total. The maximum Gasteiger partial charge on any atom is 0.264 e. The molecule has 3 nitrogen and oxygen atoms in total. The van der Waals surface area contributed by atoms with E-state index in [1.807, 2.05) is 6.07 Å². The van der Waals surface area contributed by atoms with Crippen LogP contribution in [-0.2, 0) is 9.09 Å². The molecule has 3 rings (SSSR count). The minimum atomic E-state index is -3.77. The second-order valence-electron chi connectivity index (χ2n) is 8.30. The SMILES string of the molecule is CC(C)[C@H]1CC[C@@H](C)C[C@@H]1O[P@@](=O)(c1ccccc1)[C@@H](O)c1ccccc1F. The van der Waals surface area contributed by atoms with Crippen molar-refractivity contribution in [2.24, 2.45) is 17.8 Å². The van der Waals surface area contributed by atoms with Crippen molar-refractivity contribution in [2.45, 2.75) is 52.0 Å². The topological polar surface area (TPSA) is 46.5 Å². The van der Waals surface area contributed by atoms with E-state index in [1.165, 1.54) is 12.1 Å². The summed E-state index contributed by atoms with van der Waals surface area (Å²) in [6, 6.07) is 14.7. The van der Waals surface area contributed by atoms with Crippen LogP contribution in [-0.4, -0.2) is 11.2 Å². The zero-order chi connectivity index (χ0) is 20.3. The molecule has 2 aromatic rings. The minimum Gasteiger partial charge on any atom is -0.378 e. The summed E-state index contributed by atoms with van der Waals surface area (Å²) in [6.45, 7) is 6.48. The van der Waals surface area contributed by atoms with Crippen molar-refractivity contribution in [3.8, 4) is 0 Å². The molecular weight excluding hydrogens is 374 g/mol. The minimum absolute atomic E-state index is 0.0136. The zero-order valence-electron chi connectivity index (χ0n) is 16.8. The van der Waals surface area contributed by atoms with Crippen LogP contribution >= 0.6 is 7.37 Å². The molecule has 0 unspecified atom stereocenters. The van der Waals surface area contributed by atoms with Gasteiger partial charge in [-0.15, -0.1) is 0 Å². The Hall–Kier alpha value is -1.48. The van der Waals surface area contributed by atoms with Crippen molar-refractivity contribution >= 4 is 12.7 Å². The smallest absolute Gasteiger partial charge is 0.264 e. The third-order valence-electron chi connectivity index (χ3n) is 5.87. The van der Waals surface area contributed by atoms with E-state index in [2.05, 4.69) is 20.8 Å². The van der Waals surface area contributed by atoms with Crippen LogP contribution < -0.4 is 5.30 Å². The van der Waals surface area contributed by atoms with Crippen molar-refractivity contribution in [2.75, 3.05) is 0 Å². The highest BCUT2D eigenvalue weighted by molar-refractivity contribution is 7.67. The molecule has 5 heteroatoms. The van der Waals surface area contributed by atoms with E-state index < -0.39 is 19.0 Å². The molecule has 5 atom stereocenters. The van der Waals surface area contributed by atoms with Crippen LogP contribution in [0.5, 0.6) is 0 Å². The molecule has 1 saturated carbocycles. The number of aliphatic hydroxyl groups is 1. The van der Waals surface area contributed by atoms with Crippen LogP contribution in [0.15, 0.2) is 54.6 Å². The molecule has 1 aliphatic rings. The van der Waals surface area contributed by atoms with Crippen molar-refractivity contribution in [3.05, 3.63) is 66.0 Å². The van der Waals surface area contributed by atoms with Gasteiger partial charge < -0.3 is 9.63 Å². The van der Waals surface area contributed by atoms with Gasteiger partial charge in [-0.05, 0) is 48.8 Å². The zero-order valence-corrected chi connectivity index (χ0v) is 17.7. The Labute approximate surface area is 167 Å². The van der Waals surface area contributed by atoms with E-state index in [0.717, 1.165) is 19.3 Å². The first-order valence-corrected chi connectivity index (χ1v) is 11.8. The van der Waals surface area contributed by atoms with Gasteiger partial charge in [-0.25, -0.2) is 4.39 Å². The van der Waals surface area contributed by atoms with E-state index in [4.69, 9.17) is 4.52 Å². The summed E-state index contributed by atoms with van der Waals surface area (Å²) in [4.78, 5) is 0. The second-order valence-corrected chi connectivity index (χ2v) is 10.7. The molecule has 1 aliphatic carbocycles. The number of benzene rings is 2. The Bertz CT molecular complexity index is 824. The van der Waals surface area contributed by atoms with Crippen LogP contribution in [0.25, 0.3) is 0 Å². The molecule has 0 saturated heterocycles. The van der Waals surface area contributed by atoms with E-state index in [1.54, 1.807) is 36.4 Å². The summed E-state index contributed by atoms with van der Waals surface area (Å²) in [5.41, 5.74) is 0.0136. The molecule has 28 heavy (non-hydrogen) atoms. The van der Waals surface area contributed by atoms with Crippen molar-refractivity contribution in [1.29, 1.82) is 0 Å². The van der Waals surface area contributed by atoms with Gasteiger partial charge in [0.1, 0.15) is 5.82 Å². The van der Waals surface area contributed by atoms with Crippen LogP contribution in [0, 0.1) is 23.6 Å². The highest BCUT2D eigenvalue weighted by Gasteiger charge is 2.43. The fraction of sp³-hybridized carbons (Fsp3) is 0.478. The van der Waals surface area contributed by atoms with Gasteiger partial charge in [-0.3, -0.25) is 4.57 Å². The summed E-state index contributed by atoms with van der Waals surface area (Å²) in [7, 11) is -3.77. The first kappa shape index (κ1) is 21.2. The third-order valence-corrected chi connectivity index (χ3v) is 8.40. The van der Waals surface area contributed by atoms with Crippen LogP contribution in [0.2, 0.25) is 0 Å². The van der Waals surface area contributed by atoms with Crippen molar-refractivity contribution in [1.82, 2.24) is 0 Å². The standard InChI is InChI=1S/C23H30FO3P/c1-16(2)19-14-13-17(3)15-22(19)27-28(26,18-9-5-4-6-10-18)23(25)20-11-7-8-12-21(20)24/h4-12,16-17,19,22-23,25H,13-15H2,1-3H3/t17-,19-,22+,23-,28+/m1/s1. The Kier molecular flexibility index (Phi) is 6.75. The average Bonchev–Trinajstić information content (AvgIpc) is 2.68. The molecule has 0 spiro atoms. The van der Waals surface area contributed by atoms with Crippen molar-refractivity contribution < 1.29 is 18.6 Å². The average molecular weight is 404 g/mol. The van der Waals surface area contributed by atoms with E-state index in [-0.39, 0.29) is 17.6 Å². The van der Waals surface area contributed by atoms with Gasteiger partial charge in [0.25, 0.3) is 7.37 Å². The second kappa shape index (κ2) is 8.90. The molecule has 1 fully saturated rings.